The third-order valence-corrected chi connectivity index (χ3v) is 4.75. The number of esters is 1. The van der Waals surface area contributed by atoms with Crippen LogP contribution in [0.3, 0.4) is 0 Å². The molecule has 0 atom stereocenters. The lowest BCUT2D eigenvalue weighted by Gasteiger charge is -2.20. The number of nitrogen functional groups attached to an aromatic ring is 1. The summed E-state index contributed by atoms with van der Waals surface area (Å²) in [6.45, 7) is 2.53. The van der Waals surface area contributed by atoms with Crippen molar-refractivity contribution in [2.24, 2.45) is 5.84 Å². The van der Waals surface area contributed by atoms with Crippen molar-refractivity contribution in [3.05, 3.63) is 66.6 Å². The molecule has 4 rings (SSSR count). The molecule has 1 aromatic carbocycles. The van der Waals surface area contributed by atoms with Crippen LogP contribution in [0.25, 0.3) is 22.2 Å². The summed E-state index contributed by atoms with van der Waals surface area (Å²) < 4.78 is 6.65. The van der Waals surface area contributed by atoms with Crippen LogP contribution in [0.15, 0.2) is 61.1 Å². The molecule has 0 bridgehead atoms. The highest BCUT2D eigenvalue weighted by atomic mass is 16.5. The van der Waals surface area contributed by atoms with Crippen LogP contribution in [-0.2, 0) is 22.6 Å². The second kappa shape index (κ2) is 8.80. The number of anilines is 2. The summed E-state index contributed by atoms with van der Waals surface area (Å²) in [5, 5.41) is 6.86. The zero-order chi connectivity index (χ0) is 21.8. The maximum atomic E-state index is 10.9. The number of hydrazine groups is 1. The Balaban J connectivity index is 1.51. The summed E-state index contributed by atoms with van der Waals surface area (Å²) in [6.07, 6.45) is 5.31. The van der Waals surface area contributed by atoms with Crippen LogP contribution in [-0.4, -0.2) is 32.3 Å². The van der Waals surface area contributed by atoms with E-state index in [4.69, 9.17) is 16.3 Å². The molecule has 9 nitrogen and oxygen atoms in total. The lowest BCUT2D eigenvalue weighted by Crippen LogP contribution is -2.31. The van der Waals surface area contributed by atoms with Crippen LogP contribution in [0, 0.1) is 0 Å². The molecular formula is C22H23N7O2. The molecule has 0 fully saturated rings. The number of aromatic nitrogens is 4. The molecule has 0 aliphatic carbocycles. The average molecular weight is 417 g/mol. The van der Waals surface area contributed by atoms with Gasteiger partial charge in [0, 0.05) is 30.3 Å². The minimum absolute atomic E-state index is 0.259. The van der Waals surface area contributed by atoms with E-state index in [2.05, 4.69) is 21.1 Å². The molecule has 0 amide bonds. The molecule has 9 heteroatoms. The summed E-state index contributed by atoms with van der Waals surface area (Å²) in [4.78, 5) is 19.9. The van der Waals surface area contributed by atoms with Crippen molar-refractivity contribution in [3.63, 3.8) is 0 Å². The number of hydrogen-bond donors (Lipinski definition) is 2. The Kier molecular flexibility index (Phi) is 5.76. The SMILES string of the molecule is CC(=O)OCCn1cc(-c2ccc(N)c(N(N)Cc3ccc4ncccc4c3)n2)cn1. The van der Waals surface area contributed by atoms with Crippen molar-refractivity contribution in [3.8, 4) is 11.3 Å². The number of pyridine rings is 2. The molecule has 4 aromatic rings. The minimum Gasteiger partial charge on any atom is -0.464 e. The van der Waals surface area contributed by atoms with Gasteiger partial charge in [0.25, 0.3) is 0 Å². The zero-order valence-electron chi connectivity index (χ0n) is 17.1. The molecule has 0 unspecified atom stereocenters. The Morgan fingerprint density at radius 1 is 1.23 bits per heavy atom. The van der Waals surface area contributed by atoms with Crippen molar-refractivity contribution in [2.45, 2.75) is 20.0 Å². The van der Waals surface area contributed by atoms with Gasteiger partial charge >= 0.3 is 5.97 Å². The molecule has 0 spiro atoms. The van der Waals surface area contributed by atoms with E-state index in [1.165, 1.54) is 11.9 Å². The first-order chi connectivity index (χ1) is 15.0. The van der Waals surface area contributed by atoms with Crippen LogP contribution < -0.4 is 16.6 Å². The molecule has 158 valence electrons. The summed E-state index contributed by atoms with van der Waals surface area (Å²) in [7, 11) is 0. The number of benzene rings is 1. The molecule has 31 heavy (non-hydrogen) atoms. The Morgan fingerprint density at radius 3 is 2.94 bits per heavy atom. The number of ether oxygens (including phenoxy) is 1. The predicted molar refractivity (Wildman–Crippen MR) is 119 cm³/mol. The zero-order valence-corrected chi connectivity index (χ0v) is 17.1. The van der Waals surface area contributed by atoms with Crippen molar-refractivity contribution < 1.29 is 9.53 Å². The highest BCUT2D eigenvalue weighted by Crippen LogP contribution is 2.26. The van der Waals surface area contributed by atoms with E-state index < -0.39 is 0 Å². The summed E-state index contributed by atoms with van der Waals surface area (Å²) in [5.74, 6) is 6.49. The molecule has 0 aliphatic heterocycles. The van der Waals surface area contributed by atoms with Gasteiger partial charge in [0.15, 0.2) is 5.82 Å². The quantitative estimate of drug-likeness (QED) is 0.267. The van der Waals surface area contributed by atoms with Crippen LogP contribution in [0.2, 0.25) is 0 Å². The van der Waals surface area contributed by atoms with Crippen molar-refractivity contribution in [2.75, 3.05) is 17.3 Å². The molecule has 0 aliphatic rings. The van der Waals surface area contributed by atoms with Crippen LogP contribution >= 0.6 is 0 Å². The molecule has 4 N–H and O–H groups in total. The fraction of sp³-hybridized carbons (Fsp3) is 0.182. The number of carbonyl (C=O) groups excluding carboxylic acids is 1. The lowest BCUT2D eigenvalue weighted by molar-refractivity contribution is -0.141. The largest absolute Gasteiger partial charge is 0.464 e. The van der Waals surface area contributed by atoms with Crippen molar-refractivity contribution >= 4 is 28.4 Å². The number of hydrogen-bond acceptors (Lipinski definition) is 8. The van der Waals surface area contributed by atoms with E-state index >= 15 is 0 Å². The fourth-order valence-electron chi connectivity index (χ4n) is 3.25. The monoisotopic (exact) mass is 417 g/mol. The van der Waals surface area contributed by atoms with E-state index in [9.17, 15) is 4.79 Å². The normalized spacial score (nSPS) is 10.9. The standard InChI is InChI=1S/C22H23N7O2/c1-15(30)31-10-9-28-14-18(12-26-28)21-7-5-19(23)22(27-21)29(24)13-16-4-6-20-17(11-16)3-2-8-25-20/h2-8,11-12,14H,9-10,13,23-24H2,1H3. The number of nitrogens with zero attached hydrogens (tertiary/aromatic N) is 5. The Bertz CT molecular complexity index is 1220. The molecule has 3 aromatic heterocycles. The Morgan fingerprint density at radius 2 is 2.10 bits per heavy atom. The first-order valence-electron chi connectivity index (χ1n) is 9.78. The van der Waals surface area contributed by atoms with Gasteiger partial charge < -0.3 is 10.5 Å². The highest BCUT2D eigenvalue weighted by Gasteiger charge is 2.13. The lowest BCUT2D eigenvalue weighted by atomic mass is 10.1. The first-order valence-corrected chi connectivity index (χ1v) is 9.78. The Labute approximate surface area is 179 Å². The van der Waals surface area contributed by atoms with Crippen LogP contribution in [0.4, 0.5) is 11.5 Å². The number of carbonyl (C=O) groups is 1. The number of fused-ring (bicyclic) bond motifs is 1. The van der Waals surface area contributed by atoms with Gasteiger partial charge in [0.1, 0.15) is 6.61 Å². The average Bonchev–Trinajstić information content (AvgIpc) is 3.22. The van der Waals surface area contributed by atoms with E-state index in [0.717, 1.165) is 22.0 Å². The van der Waals surface area contributed by atoms with Gasteiger partial charge in [0.2, 0.25) is 0 Å². The Hall–Kier alpha value is -3.98. The summed E-state index contributed by atoms with van der Waals surface area (Å²) in [6, 6.07) is 13.5. The van der Waals surface area contributed by atoms with E-state index in [-0.39, 0.29) is 12.6 Å². The summed E-state index contributed by atoms with van der Waals surface area (Å²) >= 11 is 0. The first kappa shape index (κ1) is 20.3. The van der Waals surface area contributed by atoms with Gasteiger partial charge in [-0.05, 0) is 35.9 Å². The second-order valence-electron chi connectivity index (χ2n) is 7.10. The van der Waals surface area contributed by atoms with E-state index in [1.54, 1.807) is 23.1 Å². The third kappa shape index (κ3) is 4.78. The van der Waals surface area contributed by atoms with Gasteiger partial charge in [-0.1, -0.05) is 12.1 Å². The second-order valence-corrected chi connectivity index (χ2v) is 7.10. The molecule has 0 radical (unpaired) electrons. The topological polar surface area (TPSA) is 125 Å². The van der Waals surface area contributed by atoms with Gasteiger partial charge in [0.05, 0.1) is 36.2 Å². The van der Waals surface area contributed by atoms with Crippen molar-refractivity contribution in [1.82, 2.24) is 19.7 Å². The molecule has 0 saturated heterocycles. The maximum Gasteiger partial charge on any atom is 0.302 e. The maximum absolute atomic E-state index is 10.9. The van der Waals surface area contributed by atoms with E-state index in [1.807, 2.05) is 36.5 Å². The van der Waals surface area contributed by atoms with Crippen LogP contribution in [0.5, 0.6) is 0 Å². The molecule has 3 heterocycles. The van der Waals surface area contributed by atoms with Crippen LogP contribution in [0.1, 0.15) is 12.5 Å². The highest BCUT2D eigenvalue weighted by molar-refractivity contribution is 5.79. The smallest absolute Gasteiger partial charge is 0.302 e. The molecule has 0 saturated carbocycles. The molecular weight excluding hydrogens is 394 g/mol. The fourth-order valence-corrected chi connectivity index (χ4v) is 3.25. The summed E-state index contributed by atoms with van der Waals surface area (Å²) in [5.41, 5.74) is 10.1. The predicted octanol–water partition coefficient (Wildman–Crippen LogP) is 2.52. The third-order valence-electron chi connectivity index (χ3n) is 4.75. The number of nitrogens with two attached hydrogens (primary N) is 2. The van der Waals surface area contributed by atoms with Crippen molar-refractivity contribution in [1.29, 1.82) is 0 Å². The van der Waals surface area contributed by atoms with Gasteiger partial charge in [-0.25, -0.2) is 10.8 Å². The van der Waals surface area contributed by atoms with Gasteiger partial charge in [-0.3, -0.25) is 19.5 Å². The van der Waals surface area contributed by atoms with Gasteiger partial charge in [-0.15, -0.1) is 0 Å². The van der Waals surface area contributed by atoms with E-state index in [0.29, 0.717) is 30.3 Å². The van der Waals surface area contributed by atoms with Gasteiger partial charge in [-0.2, -0.15) is 5.10 Å². The minimum atomic E-state index is -0.317. The number of rotatable bonds is 7.